The maximum absolute atomic E-state index is 9.14. The van der Waals surface area contributed by atoms with Gasteiger partial charge >= 0.3 is 0 Å². The number of nitrogen functional groups attached to an aromatic ring is 1. The number of aliphatic hydroxyl groups excluding tert-OH is 2. The predicted molar refractivity (Wildman–Crippen MR) is 79.2 cm³/mol. The van der Waals surface area contributed by atoms with Crippen LogP contribution in [0.5, 0.6) is 0 Å². The van der Waals surface area contributed by atoms with Crippen molar-refractivity contribution in [2.24, 2.45) is 0 Å². The molecular weight excluding hydrogens is 242 g/mol. The van der Waals surface area contributed by atoms with Crippen LogP contribution in [0.4, 0.5) is 11.4 Å². The molecule has 5 heteroatoms. The molecule has 0 saturated heterocycles. The van der Waals surface area contributed by atoms with Crippen molar-refractivity contribution in [2.75, 3.05) is 37.4 Å². The normalized spacial score (nSPS) is 12.3. The van der Waals surface area contributed by atoms with Crippen LogP contribution in [0.15, 0.2) is 24.3 Å². The SMILES string of the molecule is Nc1ccc(NCCCCC(CO)NCCO)cc1. The van der Waals surface area contributed by atoms with Gasteiger partial charge in [-0.25, -0.2) is 0 Å². The van der Waals surface area contributed by atoms with Crippen molar-refractivity contribution in [3.63, 3.8) is 0 Å². The molecular formula is C14H25N3O2. The summed E-state index contributed by atoms with van der Waals surface area (Å²) in [5.74, 6) is 0. The summed E-state index contributed by atoms with van der Waals surface area (Å²) in [6.45, 7) is 1.66. The summed E-state index contributed by atoms with van der Waals surface area (Å²) < 4.78 is 0. The zero-order valence-electron chi connectivity index (χ0n) is 11.3. The Hall–Kier alpha value is -1.30. The molecule has 0 heterocycles. The Morgan fingerprint density at radius 2 is 1.79 bits per heavy atom. The smallest absolute Gasteiger partial charge is 0.0584 e. The highest BCUT2D eigenvalue weighted by Crippen LogP contribution is 2.10. The van der Waals surface area contributed by atoms with Crippen LogP contribution in [-0.4, -0.2) is 42.6 Å². The van der Waals surface area contributed by atoms with Gasteiger partial charge in [-0.1, -0.05) is 6.42 Å². The topological polar surface area (TPSA) is 90.5 Å². The molecule has 19 heavy (non-hydrogen) atoms. The van der Waals surface area contributed by atoms with Gasteiger partial charge in [0, 0.05) is 30.5 Å². The van der Waals surface area contributed by atoms with Gasteiger partial charge in [-0.15, -0.1) is 0 Å². The lowest BCUT2D eigenvalue weighted by Gasteiger charge is -2.15. The molecule has 1 aromatic rings. The molecule has 0 spiro atoms. The molecule has 1 atom stereocenters. The Labute approximate surface area is 114 Å². The van der Waals surface area contributed by atoms with Crippen molar-refractivity contribution in [1.29, 1.82) is 0 Å². The number of anilines is 2. The van der Waals surface area contributed by atoms with Crippen LogP contribution < -0.4 is 16.4 Å². The zero-order valence-corrected chi connectivity index (χ0v) is 11.3. The molecule has 0 aliphatic heterocycles. The summed E-state index contributed by atoms with van der Waals surface area (Å²) in [6.07, 6.45) is 2.99. The predicted octanol–water partition coefficient (Wildman–Crippen LogP) is 0.794. The van der Waals surface area contributed by atoms with Gasteiger partial charge < -0.3 is 26.6 Å². The van der Waals surface area contributed by atoms with Gasteiger partial charge in [0.25, 0.3) is 0 Å². The third kappa shape index (κ3) is 7.00. The van der Waals surface area contributed by atoms with Crippen LogP contribution in [0.3, 0.4) is 0 Å². The third-order valence-electron chi connectivity index (χ3n) is 2.98. The molecule has 0 amide bonds. The molecule has 0 aliphatic rings. The summed E-state index contributed by atoms with van der Waals surface area (Å²) >= 11 is 0. The Morgan fingerprint density at radius 1 is 1.05 bits per heavy atom. The van der Waals surface area contributed by atoms with Crippen molar-refractivity contribution in [3.05, 3.63) is 24.3 Å². The highest BCUT2D eigenvalue weighted by molar-refractivity contribution is 5.51. The molecule has 0 aliphatic carbocycles. The number of hydrogen-bond acceptors (Lipinski definition) is 5. The Balaban J connectivity index is 2.08. The largest absolute Gasteiger partial charge is 0.399 e. The van der Waals surface area contributed by atoms with E-state index in [4.69, 9.17) is 15.9 Å². The molecule has 0 saturated carbocycles. The maximum atomic E-state index is 9.14. The fourth-order valence-electron chi connectivity index (χ4n) is 1.88. The van der Waals surface area contributed by atoms with Gasteiger partial charge in [0.05, 0.1) is 13.2 Å². The van der Waals surface area contributed by atoms with Crippen LogP contribution in [0, 0.1) is 0 Å². The summed E-state index contributed by atoms with van der Waals surface area (Å²) in [4.78, 5) is 0. The van der Waals surface area contributed by atoms with Crippen molar-refractivity contribution in [3.8, 4) is 0 Å². The lowest BCUT2D eigenvalue weighted by Crippen LogP contribution is -2.34. The molecule has 1 aromatic carbocycles. The third-order valence-corrected chi connectivity index (χ3v) is 2.98. The summed E-state index contributed by atoms with van der Waals surface area (Å²) in [5.41, 5.74) is 7.46. The number of rotatable bonds is 10. The van der Waals surface area contributed by atoms with E-state index in [0.717, 1.165) is 37.2 Å². The minimum atomic E-state index is 0.0867. The summed E-state index contributed by atoms with van der Waals surface area (Å²) in [6, 6.07) is 7.78. The highest BCUT2D eigenvalue weighted by Gasteiger charge is 2.05. The van der Waals surface area contributed by atoms with Gasteiger partial charge in [0.1, 0.15) is 0 Å². The van der Waals surface area contributed by atoms with Crippen molar-refractivity contribution in [1.82, 2.24) is 5.32 Å². The van der Waals surface area contributed by atoms with Crippen LogP contribution in [0.25, 0.3) is 0 Å². The van der Waals surface area contributed by atoms with E-state index < -0.39 is 0 Å². The first-order valence-electron chi connectivity index (χ1n) is 6.80. The first-order valence-corrected chi connectivity index (χ1v) is 6.80. The van der Waals surface area contributed by atoms with E-state index in [1.54, 1.807) is 0 Å². The highest BCUT2D eigenvalue weighted by atomic mass is 16.3. The molecule has 5 nitrogen and oxygen atoms in total. The maximum Gasteiger partial charge on any atom is 0.0584 e. The first-order chi connectivity index (χ1) is 9.26. The number of unbranched alkanes of at least 4 members (excludes halogenated alkanes) is 1. The second-order valence-corrected chi connectivity index (χ2v) is 4.60. The molecule has 0 aromatic heterocycles. The van der Waals surface area contributed by atoms with Crippen LogP contribution in [-0.2, 0) is 0 Å². The van der Waals surface area contributed by atoms with Crippen molar-refractivity contribution in [2.45, 2.75) is 25.3 Å². The Kier molecular flexibility index (Phi) is 7.97. The molecule has 6 N–H and O–H groups in total. The number of benzene rings is 1. The Bertz CT molecular complexity index is 330. The summed E-state index contributed by atoms with van der Waals surface area (Å²) in [5, 5.41) is 24.3. The lowest BCUT2D eigenvalue weighted by atomic mass is 10.1. The second kappa shape index (κ2) is 9.61. The average molecular weight is 267 g/mol. The molecule has 0 fully saturated rings. The van der Waals surface area contributed by atoms with Crippen molar-refractivity contribution < 1.29 is 10.2 Å². The van der Waals surface area contributed by atoms with Crippen LogP contribution in [0.2, 0.25) is 0 Å². The first kappa shape index (κ1) is 15.8. The lowest BCUT2D eigenvalue weighted by molar-refractivity contribution is 0.218. The minimum absolute atomic E-state index is 0.0867. The van der Waals surface area contributed by atoms with Gasteiger partial charge in [-0.2, -0.15) is 0 Å². The number of hydrogen-bond donors (Lipinski definition) is 5. The molecule has 0 radical (unpaired) electrons. The van der Waals surface area contributed by atoms with Gasteiger partial charge in [-0.3, -0.25) is 0 Å². The molecule has 1 unspecified atom stereocenters. The quantitative estimate of drug-likeness (QED) is 0.319. The zero-order chi connectivity index (χ0) is 13.9. The standard InChI is InChI=1S/C14H25N3O2/c15-12-4-6-13(7-5-12)16-8-2-1-3-14(11-19)17-9-10-18/h4-7,14,16-19H,1-3,8-11,15H2. The van der Waals surface area contributed by atoms with Gasteiger partial charge in [0.15, 0.2) is 0 Å². The molecule has 0 bridgehead atoms. The van der Waals surface area contributed by atoms with E-state index in [0.29, 0.717) is 6.54 Å². The van der Waals surface area contributed by atoms with E-state index in [1.165, 1.54) is 0 Å². The number of aliphatic hydroxyl groups is 2. The van der Waals surface area contributed by atoms with E-state index in [2.05, 4.69) is 10.6 Å². The fourth-order valence-corrected chi connectivity index (χ4v) is 1.88. The average Bonchev–Trinajstić information content (AvgIpc) is 2.44. The minimum Gasteiger partial charge on any atom is -0.399 e. The fraction of sp³-hybridized carbons (Fsp3) is 0.571. The molecule has 1 rings (SSSR count). The van der Waals surface area contributed by atoms with Crippen molar-refractivity contribution >= 4 is 11.4 Å². The molecule has 108 valence electrons. The van der Waals surface area contributed by atoms with Crippen LogP contribution >= 0.6 is 0 Å². The summed E-state index contributed by atoms with van der Waals surface area (Å²) in [7, 11) is 0. The monoisotopic (exact) mass is 267 g/mol. The number of nitrogens with one attached hydrogen (secondary N) is 2. The van der Waals surface area contributed by atoms with Gasteiger partial charge in [0.2, 0.25) is 0 Å². The van der Waals surface area contributed by atoms with E-state index >= 15 is 0 Å². The van der Waals surface area contributed by atoms with E-state index in [1.807, 2.05) is 24.3 Å². The van der Waals surface area contributed by atoms with Gasteiger partial charge in [-0.05, 0) is 37.1 Å². The number of nitrogens with two attached hydrogens (primary N) is 1. The Morgan fingerprint density at radius 3 is 2.42 bits per heavy atom. The van der Waals surface area contributed by atoms with E-state index in [9.17, 15) is 0 Å². The van der Waals surface area contributed by atoms with E-state index in [-0.39, 0.29) is 19.3 Å². The van der Waals surface area contributed by atoms with Crippen LogP contribution in [0.1, 0.15) is 19.3 Å². The second-order valence-electron chi connectivity index (χ2n) is 4.60.